The topological polar surface area (TPSA) is 80.9 Å². The number of hydrogen-bond donors (Lipinski definition) is 2. The van der Waals surface area contributed by atoms with Crippen LogP contribution in [-0.4, -0.2) is 15.5 Å². The van der Waals surface area contributed by atoms with Gasteiger partial charge in [0, 0.05) is 15.7 Å². The van der Waals surface area contributed by atoms with Crippen molar-refractivity contribution < 1.29 is 4.79 Å². The number of rotatable bonds is 1. The Labute approximate surface area is 122 Å². The van der Waals surface area contributed by atoms with Crippen LogP contribution in [0.15, 0.2) is 51.7 Å². The van der Waals surface area contributed by atoms with Crippen LogP contribution >= 0.6 is 15.9 Å². The molecular weight excluding hydrogens is 322 g/mol. The number of halogens is 1. The van der Waals surface area contributed by atoms with Crippen LogP contribution < -0.4 is 11.4 Å². The number of benzene rings is 2. The Balaban J connectivity index is 2.19. The lowest BCUT2D eigenvalue weighted by molar-refractivity contribution is 0.0961. The van der Waals surface area contributed by atoms with Gasteiger partial charge in [0.05, 0.1) is 11.0 Å². The maximum Gasteiger partial charge on any atom is 0.333 e. The molecule has 6 heteroatoms. The van der Waals surface area contributed by atoms with Gasteiger partial charge in [0.2, 0.25) is 0 Å². The molecule has 3 N–H and O–H groups in total. The van der Waals surface area contributed by atoms with Crippen molar-refractivity contribution in [2.45, 2.75) is 0 Å². The number of fused-ring (bicyclic) bond motifs is 1. The van der Waals surface area contributed by atoms with E-state index < -0.39 is 5.69 Å². The Hall–Kier alpha value is -2.34. The lowest BCUT2D eigenvalue weighted by Gasteiger charge is -2.03. The first-order valence-corrected chi connectivity index (χ1v) is 6.66. The molecule has 0 fully saturated rings. The van der Waals surface area contributed by atoms with Crippen LogP contribution in [-0.2, 0) is 0 Å². The zero-order chi connectivity index (χ0) is 14.3. The van der Waals surface area contributed by atoms with E-state index in [4.69, 9.17) is 5.73 Å². The van der Waals surface area contributed by atoms with E-state index in [1.807, 2.05) is 0 Å². The predicted molar refractivity (Wildman–Crippen MR) is 80.8 cm³/mol. The molecule has 0 aliphatic carbocycles. The molecule has 100 valence electrons. The van der Waals surface area contributed by atoms with Gasteiger partial charge in [-0.1, -0.05) is 15.9 Å². The zero-order valence-electron chi connectivity index (χ0n) is 10.3. The molecular formula is C14H10BrN3O2. The van der Waals surface area contributed by atoms with Gasteiger partial charge in [0.25, 0.3) is 5.91 Å². The normalized spacial score (nSPS) is 10.8. The summed E-state index contributed by atoms with van der Waals surface area (Å²) < 4.78 is 1.98. The maximum atomic E-state index is 12.4. The van der Waals surface area contributed by atoms with Crippen molar-refractivity contribution in [3.63, 3.8) is 0 Å². The minimum absolute atomic E-state index is 0.376. The van der Waals surface area contributed by atoms with E-state index >= 15 is 0 Å². The molecule has 1 heterocycles. The summed E-state index contributed by atoms with van der Waals surface area (Å²) >= 11 is 3.31. The highest BCUT2D eigenvalue weighted by molar-refractivity contribution is 9.10. The largest absolute Gasteiger partial charge is 0.399 e. The van der Waals surface area contributed by atoms with E-state index in [0.717, 1.165) is 9.04 Å². The molecule has 0 radical (unpaired) electrons. The van der Waals surface area contributed by atoms with Gasteiger partial charge in [-0.25, -0.2) is 9.36 Å². The second kappa shape index (κ2) is 4.64. The quantitative estimate of drug-likeness (QED) is 0.671. The third-order valence-corrected chi connectivity index (χ3v) is 3.53. The lowest BCUT2D eigenvalue weighted by atomic mass is 10.2. The summed E-state index contributed by atoms with van der Waals surface area (Å²) in [6.07, 6.45) is 0. The number of nitrogens with zero attached hydrogens (tertiary/aromatic N) is 1. The smallest absolute Gasteiger partial charge is 0.333 e. The summed E-state index contributed by atoms with van der Waals surface area (Å²) in [7, 11) is 0. The Morgan fingerprint density at radius 2 is 1.85 bits per heavy atom. The van der Waals surface area contributed by atoms with Gasteiger partial charge in [-0.15, -0.1) is 0 Å². The molecule has 0 aliphatic heterocycles. The molecule has 0 saturated heterocycles. The monoisotopic (exact) mass is 331 g/mol. The molecule has 0 aliphatic rings. The molecule has 5 nitrogen and oxygen atoms in total. The summed E-state index contributed by atoms with van der Waals surface area (Å²) in [4.78, 5) is 27.0. The average Bonchev–Trinajstić information content (AvgIpc) is 2.73. The minimum atomic E-state index is -0.474. The minimum Gasteiger partial charge on any atom is -0.399 e. The van der Waals surface area contributed by atoms with Crippen LogP contribution in [0.1, 0.15) is 10.4 Å². The van der Waals surface area contributed by atoms with Gasteiger partial charge in [-0.3, -0.25) is 4.79 Å². The third kappa shape index (κ3) is 2.04. The fourth-order valence-electron chi connectivity index (χ4n) is 2.05. The van der Waals surface area contributed by atoms with Crippen LogP contribution in [0.3, 0.4) is 0 Å². The van der Waals surface area contributed by atoms with Gasteiger partial charge >= 0.3 is 5.69 Å². The highest BCUT2D eigenvalue weighted by atomic mass is 79.9. The number of carbonyl (C=O) groups excluding carboxylic acids is 1. The molecule has 3 aromatic rings. The fraction of sp³-hybridized carbons (Fsp3) is 0. The van der Waals surface area contributed by atoms with Gasteiger partial charge in [-0.05, 0) is 42.5 Å². The van der Waals surface area contributed by atoms with E-state index in [1.165, 1.54) is 0 Å². The van der Waals surface area contributed by atoms with Crippen molar-refractivity contribution in [1.29, 1.82) is 0 Å². The van der Waals surface area contributed by atoms with Crippen LogP contribution in [0.5, 0.6) is 0 Å². The molecule has 0 amide bonds. The Kier molecular flexibility index (Phi) is 2.94. The average molecular weight is 332 g/mol. The molecule has 0 atom stereocenters. The SMILES string of the molecule is Nc1ccc2c(c1)[nH]c(=O)n2C(=O)c1ccc(Br)cc1. The Bertz CT molecular complexity index is 862. The second-order valence-corrected chi connectivity index (χ2v) is 5.27. The molecule has 0 saturated carbocycles. The molecule has 3 rings (SSSR count). The van der Waals surface area contributed by atoms with E-state index in [2.05, 4.69) is 20.9 Å². The zero-order valence-corrected chi connectivity index (χ0v) is 11.8. The summed E-state index contributed by atoms with van der Waals surface area (Å²) in [5.74, 6) is -0.376. The van der Waals surface area contributed by atoms with Gasteiger partial charge < -0.3 is 10.7 Å². The van der Waals surface area contributed by atoms with E-state index in [-0.39, 0.29) is 5.91 Å². The number of nitrogens with one attached hydrogen (secondary N) is 1. The molecule has 0 bridgehead atoms. The lowest BCUT2D eigenvalue weighted by Crippen LogP contribution is -2.24. The highest BCUT2D eigenvalue weighted by Gasteiger charge is 2.15. The Morgan fingerprint density at radius 1 is 1.15 bits per heavy atom. The summed E-state index contributed by atoms with van der Waals surface area (Å²) in [5, 5.41) is 0. The van der Waals surface area contributed by atoms with Crippen LogP contribution in [0.4, 0.5) is 5.69 Å². The van der Waals surface area contributed by atoms with Crippen molar-refractivity contribution in [3.05, 3.63) is 63.0 Å². The van der Waals surface area contributed by atoms with Crippen molar-refractivity contribution >= 4 is 38.6 Å². The number of H-pyrrole nitrogens is 1. The third-order valence-electron chi connectivity index (χ3n) is 3.00. The molecule has 2 aromatic carbocycles. The van der Waals surface area contributed by atoms with Crippen molar-refractivity contribution in [1.82, 2.24) is 9.55 Å². The summed E-state index contributed by atoms with van der Waals surface area (Å²) in [5.41, 5.74) is 7.21. The number of imidazole rings is 1. The summed E-state index contributed by atoms with van der Waals surface area (Å²) in [6, 6.07) is 11.8. The predicted octanol–water partition coefficient (Wildman–Crippen LogP) is 2.36. The standard InChI is InChI=1S/C14H10BrN3O2/c15-9-3-1-8(2-4-9)13(19)18-12-6-5-10(16)7-11(12)17-14(18)20/h1-7H,16H2,(H,17,20). The number of aromatic amines is 1. The molecule has 0 unspecified atom stereocenters. The molecule has 1 aromatic heterocycles. The number of hydrogen-bond acceptors (Lipinski definition) is 3. The number of nitrogen functional groups attached to an aromatic ring is 1. The summed E-state index contributed by atoms with van der Waals surface area (Å²) in [6.45, 7) is 0. The highest BCUT2D eigenvalue weighted by Crippen LogP contribution is 2.16. The van der Waals surface area contributed by atoms with Crippen LogP contribution in [0.2, 0.25) is 0 Å². The maximum absolute atomic E-state index is 12.4. The number of aromatic nitrogens is 2. The molecule has 20 heavy (non-hydrogen) atoms. The van der Waals surface area contributed by atoms with Crippen molar-refractivity contribution in [2.24, 2.45) is 0 Å². The first-order chi connectivity index (χ1) is 9.56. The van der Waals surface area contributed by atoms with Crippen molar-refractivity contribution in [3.8, 4) is 0 Å². The van der Waals surface area contributed by atoms with E-state index in [9.17, 15) is 9.59 Å². The number of nitrogens with two attached hydrogens (primary N) is 1. The molecule has 0 spiro atoms. The fourth-order valence-corrected chi connectivity index (χ4v) is 2.32. The number of carbonyl (C=O) groups is 1. The van der Waals surface area contributed by atoms with Crippen LogP contribution in [0.25, 0.3) is 11.0 Å². The second-order valence-electron chi connectivity index (χ2n) is 4.35. The van der Waals surface area contributed by atoms with Crippen molar-refractivity contribution in [2.75, 3.05) is 5.73 Å². The van der Waals surface area contributed by atoms with E-state index in [1.54, 1.807) is 42.5 Å². The van der Waals surface area contributed by atoms with E-state index in [0.29, 0.717) is 22.3 Å². The first-order valence-electron chi connectivity index (χ1n) is 5.87. The van der Waals surface area contributed by atoms with Crippen LogP contribution in [0, 0.1) is 0 Å². The number of anilines is 1. The van der Waals surface area contributed by atoms with Gasteiger partial charge in [0.1, 0.15) is 0 Å². The van der Waals surface area contributed by atoms with Gasteiger partial charge in [0.15, 0.2) is 0 Å². The Morgan fingerprint density at radius 3 is 2.55 bits per heavy atom. The van der Waals surface area contributed by atoms with Gasteiger partial charge in [-0.2, -0.15) is 0 Å². The first kappa shape index (κ1) is 12.7.